The second kappa shape index (κ2) is 6.21. The molecule has 7 heteroatoms. The average molecular weight is 283 g/mol. The highest BCUT2D eigenvalue weighted by Crippen LogP contribution is 2.24. The third-order valence-corrected chi connectivity index (χ3v) is 4.04. The van der Waals surface area contributed by atoms with Crippen molar-refractivity contribution >= 4 is 17.7 Å². The molecule has 104 valence electrons. The quantitative estimate of drug-likeness (QED) is 0.794. The van der Waals surface area contributed by atoms with Crippen LogP contribution in [0.1, 0.15) is 6.92 Å². The highest BCUT2D eigenvalue weighted by molar-refractivity contribution is 7.99. The maximum Gasteiger partial charge on any atom is 0.254 e. The van der Waals surface area contributed by atoms with Gasteiger partial charge in [-0.3, -0.25) is 14.2 Å². The zero-order valence-electron chi connectivity index (χ0n) is 11.0. The van der Waals surface area contributed by atoms with Gasteiger partial charge < -0.3 is 10.1 Å². The van der Waals surface area contributed by atoms with Gasteiger partial charge in [-0.1, -0.05) is 11.8 Å². The minimum absolute atomic E-state index is 0.0329. The second-order valence-electron chi connectivity index (χ2n) is 4.55. The molecule has 1 aromatic heterocycles. The summed E-state index contributed by atoms with van der Waals surface area (Å²) in [6.07, 6.45) is 1.50. The lowest BCUT2D eigenvalue weighted by molar-refractivity contribution is -0.125. The van der Waals surface area contributed by atoms with E-state index in [9.17, 15) is 9.59 Å². The van der Waals surface area contributed by atoms with Crippen LogP contribution in [0.3, 0.4) is 0 Å². The monoisotopic (exact) mass is 283 g/mol. The molecule has 0 saturated carbocycles. The fraction of sp³-hybridized carbons (Fsp3) is 0.583. The summed E-state index contributed by atoms with van der Waals surface area (Å²) in [6, 6.07) is 1.38. The van der Waals surface area contributed by atoms with Crippen molar-refractivity contribution in [3.05, 3.63) is 22.6 Å². The minimum Gasteiger partial charge on any atom is -0.383 e. The lowest BCUT2D eigenvalue weighted by Gasteiger charge is -2.25. The molecule has 0 bridgehead atoms. The van der Waals surface area contributed by atoms with Crippen LogP contribution in [-0.4, -0.2) is 41.0 Å². The second-order valence-corrected chi connectivity index (χ2v) is 5.54. The van der Waals surface area contributed by atoms with Gasteiger partial charge in [0, 0.05) is 37.7 Å². The summed E-state index contributed by atoms with van der Waals surface area (Å²) in [4.78, 5) is 27.9. The van der Waals surface area contributed by atoms with Crippen molar-refractivity contribution in [3.8, 4) is 0 Å². The van der Waals surface area contributed by atoms with Crippen molar-refractivity contribution in [1.82, 2.24) is 14.9 Å². The first kappa shape index (κ1) is 14.1. The first-order valence-corrected chi connectivity index (χ1v) is 7.08. The number of rotatable bonds is 4. The van der Waals surface area contributed by atoms with Gasteiger partial charge >= 0.3 is 0 Å². The van der Waals surface area contributed by atoms with E-state index in [1.165, 1.54) is 24.0 Å². The number of ether oxygens (including phenoxy) is 1. The number of carbonyl (C=O) groups excluding carboxylic acids is 1. The number of nitrogens with one attached hydrogen (secondary N) is 1. The van der Waals surface area contributed by atoms with E-state index in [-0.39, 0.29) is 23.4 Å². The number of methoxy groups -OCH3 is 1. The van der Waals surface area contributed by atoms with Crippen LogP contribution in [-0.2, 0) is 16.1 Å². The van der Waals surface area contributed by atoms with E-state index in [1.54, 1.807) is 11.7 Å². The maximum absolute atomic E-state index is 12.1. The van der Waals surface area contributed by atoms with E-state index >= 15 is 0 Å². The SMILES string of the molecule is COCC(C)NC(=O)C1CSc2nccc(=O)n2C1. The highest BCUT2D eigenvalue weighted by atomic mass is 32.2. The summed E-state index contributed by atoms with van der Waals surface area (Å²) >= 11 is 1.44. The summed E-state index contributed by atoms with van der Waals surface area (Å²) < 4.78 is 6.54. The van der Waals surface area contributed by atoms with Crippen molar-refractivity contribution in [1.29, 1.82) is 0 Å². The molecule has 0 spiro atoms. The Kier molecular flexibility index (Phi) is 4.60. The predicted octanol–water partition coefficient (Wildman–Crippen LogP) is 0.116. The van der Waals surface area contributed by atoms with Gasteiger partial charge in [0.1, 0.15) is 0 Å². The molecule has 0 aromatic carbocycles. The summed E-state index contributed by atoms with van der Waals surface area (Å²) in [5, 5.41) is 3.57. The summed E-state index contributed by atoms with van der Waals surface area (Å²) in [5.74, 6) is 0.388. The van der Waals surface area contributed by atoms with Crippen molar-refractivity contribution in [2.45, 2.75) is 24.7 Å². The van der Waals surface area contributed by atoms with Crippen molar-refractivity contribution in [2.75, 3.05) is 19.5 Å². The van der Waals surface area contributed by atoms with Crippen molar-refractivity contribution < 1.29 is 9.53 Å². The van der Waals surface area contributed by atoms with E-state index in [4.69, 9.17) is 4.74 Å². The normalized spacial score (nSPS) is 19.6. The van der Waals surface area contributed by atoms with Crippen LogP contribution in [0.15, 0.2) is 22.2 Å². The largest absolute Gasteiger partial charge is 0.383 e. The van der Waals surface area contributed by atoms with Crippen molar-refractivity contribution in [3.63, 3.8) is 0 Å². The van der Waals surface area contributed by atoms with E-state index in [0.29, 0.717) is 24.1 Å². The molecule has 0 saturated heterocycles. The molecular weight excluding hydrogens is 266 g/mol. The van der Waals surface area contributed by atoms with E-state index in [1.807, 2.05) is 6.92 Å². The molecule has 2 atom stereocenters. The molecule has 1 aromatic rings. The molecule has 1 N–H and O–H groups in total. The Morgan fingerprint density at radius 3 is 3.26 bits per heavy atom. The number of fused-ring (bicyclic) bond motifs is 1. The summed E-state index contributed by atoms with van der Waals surface area (Å²) in [5.41, 5.74) is -0.111. The smallest absolute Gasteiger partial charge is 0.254 e. The van der Waals surface area contributed by atoms with Crippen molar-refractivity contribution in [2.24, 2.45) is 5.92 Å². The number of thioether (sulfide) groups is 1. The van der Waals surface area contributed by atoms with E-state index in [0.717, 1.165) is 0 Å². The number of hydrogen-bond acceptors (Lipinski definition) is 5. The zero-order valence-corrected chi connectivity index (χ0v) is 11.8. The molecule has 2 rings (SSSR count). The van der Waals surface area contributed by atoms with Gasteiger partial charge in [0.15, 0.2) is 5.16 Å². The van der Waals surface area contributed by atoms with Gasteiger partial charge in [-0.2, -0.15) is 0 Å². The molecule has 0 fully saturated rings. The minimum atomic E-state index is -0.210. The molecule has 0 aliphatic carbocycles. The van der Waals surface area contributed by atoms with Crippen LogP contribution < -0.4 is 10.9 Å². The molecule has 1 aliphatic rings. The Balaban J connectivity index is 2.03. The molecule has 19 heavy (non-hydrogen) atoms. The van der Waals surface area contributed by atoms with Gasteiger partial charge in [-0.15, -0.1) is 0 Å². The zero-order chi connectivity index (χ0) is 13.8. The molecular formula is C12H17N3O3S. The predicted molar refractivity (Wildman–Crippen MR) is 72.2 cm³/mol. The Hall–Kier alpha value is -1.34. The fourth-order valence-electron chi connectivity index (χ4n) is 1.96. The fourth-order valence-corrected chi connectivity index (χ4v) is 3.02. The first-order valence-electron chi connectivity index (χ1n) is 6.09. The van der Waals surface area contributed by atoms with Gasteiger partial charge in [0.2, 0.25) is 5.91 Å². The Bertz CT molecular complexity index is 517. The topological polar surface area (TPSA) is 73.2 Å². The van der Waals surface area contributed by atoms with Crippen LogP contribution in [0.25, 0.3) is 0 Å². The van der Waals surface area contributed by atoms with Crippen LogP contribution in [0, 0.1) is 5.92 Å². The number of aromatic nitrogens is 2. The third kappa shape index (κ3) is 3.36. The van der Waals surface area contributed by atoms with Crippen LogP contribution >= 0.6 is 11.8 Å². The number of carbonyl (C=O) groups is 1. The van der Waals surface area contributed by atoms with Gasteiger partial charge in [0.25, 0.3) is 5.56 Å². The number of amides is 1. The van der Waals surface area contributed by atoms with Gasteiger partial charge in [-0.25, -0.2) is 4.98 Å². The third-order valence-electron chi connectivity index (χ3n) is 2.89. The van der Waals surface area contributed by atoms with E-state index < -0.39 is 0 Å². The molecule has 6 nitrogen and oxygen atoms in total. The van der Waals surface area contributed by atoms with Gasteiger partial charge in [-0.05, 0) is 6.92 Å². The Morgan fingerprint density at radius 1 is 1.74 bits per heavy atom. The van der Waals surface area contributed by atoms with Gasteiger partial charge in [0.05, 0.1) is 12.5 Å². The van der Waals surface area contributed by atoms with Crippen LogP contribution in [0.5, 0.6) is 0 Å². The molecule has 1 amide bonds. The number of nitrogens with zero attached hydrogens (tertiary/aromatic N) is 2. The molecule has 2 heterocycles. The Labute approximate surface area is 115 Å². The standard InChI is InChI=1S/C12H17N3O3S/c1-8(6-18-2)14-11(17)9-5-15-10(16)3-4-13-12(15)19-7-9/h3-4,8-9H,5-7H2,1-2H3,(H,14,17). The van der Waals surface area contributed by atoms with E-state index in [2.05, 4.69) is 10.3 Å². The van der Waals surface area contributed by atoms with Crippen LogP contribution in [0.4, 0.5) is 0 Å². The lowest BCUT2D eigenvalue weighted by atomic mass is 10.1. The maximum atomic E-state index is 12.1. The summed E-state index contributed by atoms with van der Waals surface area (Å²) in [6.45, 7) is 2.75. The highest BCUT2D eigenvalue weighted by Gasteiger charge is 2.27. The Morgan fingerprint density at radius 2 is 2.53 bits per heavy atom. The van der Waals surface area contributed by atoms with Crippen LogP contribution in [0.2, 0.25) is 0 Å². The first-order chi connectivity index (χ1) is 9.11. The summed E-state index contributed by atoms with van der Waals surface area (Å²) in [7, 11) is 1.60. The average Bonchev–Trinajstić information content (AvgIpc) is 2.39. The molecule has 0 radical (unpaired) electrons. The molecule has 2 unspecified atom stereocenters. The number of hydrogen-bond donors (Lipinski definition) is 1. The molecule has 1 aliphatic heterocycles. The lowest BCUT2D eigenvalue weighted by Crippen LogP contribution is -2.44.